The summed E-state index contributed by atoms with van der Waals surface area (Å²) in [6.07, 6.45) is 5.77. The molecule has 1 fully saturated rings. The molecule has 1 saturated heterocycles. The fraction of sp³-hybridized carbons (Fsp3) is 0.611. The zero-order chi connectivity index (χ0) is 17.9. The molecular weight excluding hydrogens is 370 g/mol. The van der Waals surface area contributed by atoms with Crippen molar-refractivity contribution >= 4 is 29.0 Å². The molecule has 26 heavy (non-hydrogen) atoms. The first-order valence-electron chi connectivity index (χ1n) is 9.14. The van der Waals surface area contributed by atoms with Crippen LogP contribution in [-0.2, 0) is 22.4 Å². The molecular formula is C18H23N3O3S2. The van der Waals surface area contributed by atoms with E-state index in [1.807, 2.05) is 0 Å². The normalized spacial score (nSPS) is 22.3. The number of carbonyl (C=O) groups excluding carboxylic acids is 1. The van der Waals surface area contributed by atoms with Crippen LogP contribution in [-0.4, -0.2) is 41.1 Å². The summed E-state index contributed by atoms with van der Waals surface area (Å²) < 4.78 is 11.2. The van der Waals surface area contributed by atoms with Gasteiger partial charge in [-0.2, -0.15) is 0 Å². The molecule has 6 nitrogen and oxygen atoms in total. The van der Waals surface area contributed by atoms with Gasteiger partial charge in [0.25, 0.3) is 11.1 Å². The lowest BCUT2D eigenvalue weighted by molar-refractivity contribution is -0.119. The van der Waals surface area contributed by atoms with Gasteiger partial charge in [-0.3, -0.25) is 4.79 Å². The maximum absolute atomic E-state index is 11.9. The van der Waals surface area contributed by atoms with Crippen LogP contribution in [0.2, 0.25) is 0 Å². The van der Waals surface area contributed by atoms with Crippen molar-refractivity contribution in [3.05, 3.63) is 16.5 Å². The minimum atomic E-state index is -0.0363. The molecule has 3 heterocycles. The van der Waals surface area contributed by atoms with Gasteiger partial charge in [0.05, 0.1) is 16.7 Å². The second-order valence-corrected chi connectivity index (χ2v) is 9.07. The number of aromatic nitrogens is 2. The van der Waals surface area contributed by atoms with Crippen LogP contribution >= 0.6 is 23.1 Å². The van der Waals surface area contributed by atoms with Crippen molar-refractivity contribution in [1.29, 1.82) is 0 Å². The van der Waals surface area contributed by atoms with E-state index in [9.17, 15) is 4.79 Å². The number of rotatable bonds is 6. The van der Waals surface area contributed by atoms with E-state index >= 15 is 0 Å². The average molecular weight is 394 g/mol. The molecule has 0 saturated carbocycles. The third-order valence-electron chi connectivity index (χ3n) is 4.82. The highest BCUT2D eigenvalue weighted by Crippen LogP contribution is 2.37. The van der Waals surface area contributed by atoms with Gasteiger partial charge in [-0.15, -0.1) is 21.5 Å². The summed E-state index contributed by atoms with van der Waals surface area (Å²) in [7, 11) is 0. The molecule has 2 aromatic rings. The third kappa shape index (κ3) is 4.29. The van der Waals surface area contributed by atoms with Crippen molar-refractivity contribution in [3.63, 3.8) is 0 Å². The summed E-state index contributed by atoms with van der Waals surface area (Å²) >= 11 is 3.02. The number of thioether (sulfide) groups is 1. The van der Waals surface area contributed by atoms with Gasteiger partial charge in [-0.05, 0) is 49.7 Å². The predicted octanol–water partition coefficient (Wildman–Crippen LogP) is 3.31. The largest absolute Gasteiger partial charge is 0.410 e. The smallest absolute Gasteiger partial charge is 0.277 e. The quantitative estimate of drug-likeness (QED) is 0.759. The maximum atomic E-state index is 11.9. The van der Waals surface area contributed by atoms with Gasteiger partial charge in [-0.1, -0.05) is 18.7 Å². The number of aryl methyl sites for hydroxylation is 1. The molecule has 1 N–H and O–H groups in total. The SMILES string of the molecule is C[C@H]1CCc2sc(-c3nnc(SCC(=O)NC[C@H]4CCCO4)o3)cc2C1. The lowest BCUT2D eigenvalue weighted by atomic mass is 9.90. The van der Waals surface area contributed by atoms with E-state index in [2.05, 4.69) is 28.5 Å². The Labute approximate surface area is 161 Å². The number of nitrogens with one attached hydrogen (secondary N) is 1. The average Bonchev–Trinajstić information content (AvgIpc) is 3.36. The van der Waals surface area contributed by atoms with Gasteiger partial charge in [0.1, 0.15) is 0 Å². The number of carbonyl (C=O) groups is 1. The minimum absolute atomic E-state index is 0.0363. The fourth-order valence-corrected chi connectivity index (χ4v) is 5.11. The monoisotopic (exact) mass is 393 g/mol. The molecule has 2 aliphatic rings. The summed E-state index contributed by atoms with van der Waals surface area (Å²) in [5, 5.41) is 11.6. The summed E-state index contributed by atoms with van der Waals surface area (Å²) in [5.74, 6) is 1.53. The number of hydrogen-bond acceptors (Lipinski definition) is 7. The lowest BCUT2D eigenvalue weighted by Gasteiger charge is -2.16. The highest BCUT2D eigenvalue weighted by atomic mass is 32.2. The van der Waals surface area contributed by atoms with Crippen LogP contribution in [0.15, 0.2) is 15.7 Å². The Bertz CT molecular complexity index is 768. The number of fused-ring (bicyclic) bond motifs is 1. The van der Waals surface area contributed by atoms with Crippen LogP contribution < -0.4 is 5.32 Å². The Morgan fingerprint density at radius 3 is 3.19 bits per heavy atom. The highest BCUT2D eigenvalue weighted by Gasteiger charge is 2.21. The topological polar surface area (TPSA) is 77.2 Å². The van der Waals surface area contributed by atoms with E-state index in [0.29, 0.717) is 17.7 Å². The predicted molar refractivity (Wildman–Crippen MR) is 102 cm³/mol. The van der Waals surface area contributed by atoms with Gasteiger partial charge in [-0.25, -0.2) is 0 Å². The van der Waals surface area contributed by atoms with Crippen LogP contribution in [0, 0.1) is 5.92 Å². The van der Waals surface area contributed by atoms with Gasteiger partial charge in [0.2, 0.25) is 5.91 Å². The Morgan fingerprint density at radius 2 is 2.35 bits per heavy atom. The van der Waals surface area contributed by atoms with Crippen molar-refractivity contribution in [3.8, 4) is 10.8 Å². The van der Waals surface area contributed by atoms with Crippen LogP contribution in [0.1, 0.15) is 36.6 Å². The number of amides is 1. The molecule has 0 aromatic carbocycles. The molecule has 140 valence electrons. The number of nitrogens with zero attached hydrogens (tertiary/aromatic N) is 2. The Balaban J connectivity index is 1.30. The Hall–Kier alpha value is -1.38. The van der Waals surface area contributed by atoms with Gasteiger partial charge < -0.3 is 14.5 Å². The number of thiophene rings is 1. The fourth-order valence-electron chi connectivity index (χ4n) is 3.39. The molecule has 8 heteroatoms. The van der Waals surface area contributed by atoms with Gasteiger partial charge >= 0.3 is 0 Å². The van der Waals surface area contributed by atoms with E-state index in [1.165, 1.54) is 28.6 Å². The third-order valence-corrected chi connectivity index (χ3v) is 6.87. The van der Waals surface area contributed by atoms with E-state index in [4.69, 9.17) is 9.15 Å². The van der Waals surface area contributed by atoms with Gasteiger partial charge in [0, 0.05) is 18.0 Å². The Kier molecular flexibility index (Phi) is 5.61. The van der Waals surface area contributed by atoms with Crippen molar-refractivity contribution in [2.24, 2.45) is 5.92 Å². The highest BCUT2D eigenvalue weighted by molar-refractivity contribution is 7.99. The standard InChI is InChI=1S/C18H23N3O3S2/c1-11-4-5-14-12(7-11)8-15(26-14)17-20-21-18(24-17)25-10-16(22)19-9-13-3-2-6-23-13/h8,11,13H,2-7,9-10H2,1H3,(H,19,22)/t11-,13+/m0/s1. The molecule has 1 aliphatic heterocycles. The second kappa shape index (κ2) is 8.10. The first-order valence-corrected chi connectivity index (χ1v) is 10.9. The summed E-state index contributed by atoms with van der Waals surface area (Å²) in [6.45, 7) is 3.67. The van der Waals surface area contributed by atoms with Crippen molar-refractivity contribution in [1.82, 2.24) is 15.5 Å². The summed E-state index contributed by atoms with van der Waals surface area (Å²) in [6, 6.07) is 2.19. The number of hydrogen-bond donors (Lipinski definition) is 1. The first kappa shape index (κ1) is 18.0. The minimum Gasteiger partial charge on any atom is -0.410 e. The molecule has 1 amide bonds. The summed E-state index contributed by atoms with van der Waals surface area (Å²) in [5.41, 5.74) is 1.42. The number of ether oxygens (including phenoxy) is 1. The van der Waals surface area contributed by atoms with E-state index in [1.54, 1.807) is 11.3 Å². The second-order valence-electron chi connectivity index (χ2n) is 7.01. The lowest BCUT2D eigenvalue weighted by Crippen LogP contribution is -2.32. The first-order chi connectivity index (χ1) is 12.7. The van der Waals surface area contributed by atoms with Crippen molar-refractivity contribution in [2.45, 2.75) is 50.4 Å². The zero-order valence-electron chi connectivity index (χ0n) is 14.8. The molecule has 0 radical (unpaired) electrons. The van der Waals surface area contributed by atoms with E-state index < -0.39 is 0 Å². The van der Waals surface area contributed by atoms with Crippen LogP contribution in [0.4, 0.5) is 0 Å². The zero-order valence-corrected chi connectivity index (χ0v) is 16.5. The van der Waals surface area contributed by atoms with Crippen LogP contribution in [0.5, 0.6) is 0 Å². The van der Waals surface area contributed by atoms with E-state index in [-0.39, 0.29) is 17.8 Å². The van der Waals surface area contributed by atoms with Crippen molar-refractivity contribution < 1.29 is 13.9 Å². The van der Waals surface area contributed by atoms with Crippen LogP contribution in [0.25, 0.3) is 10.8 Å². The molecule has 0 unspecified atom stereocenters. The van der Waals surface area contributed by atoms with Crippen LogP contribution in [0.3, 0.4) is 0 Å². The molecule has 4 rings (SSSR count). The van der Waals surface area contributed by atoms with Crippen molar-refractivity contribution in [2.75, 3.05) is 18.9 Å². The Morgan fingerprint density at radius 1 is 1.42 bits per heavy atom. The molecule has 0 bridgehead atoms. The molecule has 1 aliphatic carbocycles. The maximum Gasteiger partial charge on any atom is 0.277 e. The molecule has 0 spiro atoms. The molecule has 2 aromatic heterocycles. The van der Waals surface area contributed by atoms with Gasteiger partial charge in [0.15, 0.2) is 0 Å². The molecule has 2 atom stereocenters. The van der Waals surface area contributed by atoms with E-state index in [0.717, 1.165) is 43.1 Å². The summed E-state index contributed by atoms with van der Waals surface area (Å²) in [4.78, 5) is 14.4.